The lowest BCUT2D eigenvalue weighted by atomic mass is 10.1. The maximum Gasteiger partial charge on any atom is 0.416 e. The lowest BCUT2D eigenvalue weighted by Crippen LogP contribution is -2.14. The summed E-state index contributed by atoms with van der Waals surface area (Å²) in [5, 5.41) is 12.7. The van der Waals surface area contributed by atoms with Crippen LogP contribution in [0.3, 0.4) is 0 Å². The number of nitrogens with one attached hydrogen (secondary N) is 1. The smallest absolute Gasteiger partial charge is 0.416 e. The molecule has 0 aromatic heterocycles. The molecule has 0 spiro atoms. The number of rotatable bonds is 6. The molecule has 9 heteroatoms. The molecule has 0 atom stereocenters. The predicted molar refractivity (Wildman–Crippen MR) is 121 cm³/mol. The summed E-state index contributed by atoms with van der Waals surface area (Å²) in [6, 6.07) is 17.6. The van der Waals surface area contributed by atoms with Gasteiger partial charge in [0.2, 0.25) is 0 Å². The van der Waals surface area contributed by atoms with E-state index in [2.05, 4.69) is 5.32 Å². The molecular formula is C24H15Cl2F3N2O2. The van der Waals surface area contributed by atoms with Gasteiger partial charge in [0.1, 0.15) is 24.0 Å². The van der Waals surface area contributed by atoms with E-state index in [0.29, 0.717) is 21.4 Å². The van der Waals surface area contributed by atoms with Crippen molar-refractivity contribution in [2.45, 2.75) is 12.8 Å². The fourth-order valence-electron chi connectivity index (χ4n) is 2.83. The van der Waals surface area contributed by atoms with Crippen molar-refractivity contribution in [2.75, 3.05) is 5.32 Å². The first-order valence-electron chi connectivity index (χ1n) is 9.43. The SMILES string of the molecule is N#C/C(=C\c1cc(Cl)ccc1OCc1cccc(Cl)c1)C(=O)Nc1cccc(C(F)(F)F)c1. The zero-order valence-corrected chi connectivity index (χ0v) is 18.3. The van der Waals surface area contributed by atoms with E-state index in [1.807, 2.05) is 6.07 Å². The van der Waals surface area contributed by atoms with Crippen molar-refractivity contribution in [1.29, 1.82) is 5.26 Å². The van der Waals surface area contributed by atoms with E-state index in [1.54, 1.807) is 36.4 Å². The highest BCUT2D eigenvalue weighted by Crippen LogP contribution is 2.31. The Labute approximate surface area is 197 Å². The molecule has 33 heavy (non-hydrogen) atoms. The number of nitrogens with zero attached hydrogens (tertiary/aromatic N) is 1. The summed E-state index contributed by atoms with van der Waals surface area (Å²) < 4.78 is 44.5. The number of hydrogen-bond acceptors (Lipinski definition) is 3. The zero-order chi connectivity index (χ0) is 24.0. The van der Waals surface area contributed by atoms with Gasteiger partial charge in [-0.15, -0.1) is 0 Å². The summed E-state index contributed by atoms with van der Waals surface area (Å²) in [4.78, 5) is 12.6. The Balaban J connectivity index is 1.83. The second-order valence-corrected chi connectivity index (χ2v) is 7.68. The van der Waals surface area contributed by atoms with Gasteiger partial charge in [-0.1, -0.05) is 41.4 Å². The first-order chi connectivity index (χ1) is 15.7. The molecule has 3 aromatic carbocycles. The quantitative estimate of drug-likeness (QED) is 0.295. The average molecular weight is 491 g/mol. The van der Waals surface area contributed by atoms with Gasteiger partial charge >= 0.3 is 6.18 Å². The molecule has 0 heterocycles. The van der Waals surface area contributed by atoms with Crippen LogP contribution in [0.2, 0.25) is 10.0 Å². The summed E-state index contributed by atoms with van der Waals surface area (Å²) in [6.07, 6.45) is -3.31. The van der Waals surface area contributed by atoms with Crippen molar-refractivity contribution in [3.05, 3.63) is 99.0 Å². The Hall–Kier alpha value is -3.47. The minimum Gasteiger partial charge on any atom is -0.488 e. The Morgan fingerprint density at radius 1 is 1.03 bits per heavy atom. The van der Waals surface area contributed by atoms with Gasteiger partial charge in [-0.25, -0.2) is 0 Å². The van der Waals surface area contributed by atoms with Crippen LogP contribution in [0, 0.1) is 11.3 Å². The molecule has 3 aromatic rings. The van der Waals surface area contributed by atoms with E-state index in [-0.39, 0.29) is 17.9 Å². The van der Waals surface area contributed by atoms with Gasteiger partial charge in [0.15, 0.2) is 0 Å². The number of hydrogen-bond donors (Lipinski definition) is 1. The molecule has 1 N–H and O–H groups in total. The molecule has 1 amide bonds. The molecule has 0 saturated heterocycles. The van der Waals surface area contributed by atoms with Gasteiger partial charge in [-0.3, -0.25) is 4.79 Å². The number of alkyl halides is 3. The highest BCUT2D eigenvalue weighted by atomic mass is 35.5. The highest BCUT2D eigenvalue weighted by molar-refractivity contribution is 6.31. The molecule has 0 aliphatic carbocycles. The van der Waals surface area contributed by atoms with Crippen LogP contribution < -0.4 is 10.1 Å². The van der Waals surface area contributed by atoms with Crippen LogP contribution in [0.15, 0.2) is 72.3 Å². The topological polar surface area (TPSA) is 62.1 Å². The lowest BCUT2D eigenvalue weighted by Gasteiger charge is -2.11. The molecule has 4 nitrogen and oxygen atoms in total. The van der Waals surface area contributed by atoms with E-state index in [9.17, 15) is 23.2 Å². The number of carbonyl (C=O) groups is 1. The Morgan fingerprint density at radius 2 is 1.76 bits per heavy atom. The van der Waals surface area contributed by atoms with Gasteiger partial charge in [-0.2, -0.15) is 18.4 Å². The van der Waals surface area contributed by atoms with Crippen molar-refractivity contribution < 1.29 is 22.7 Å². The number of ether oxygens (including phenoxy) is 1. The largest absolute Gasteiger partial charge is 0.488 e. The minimum absolute atomic E-state index is 0.0977. The summed E-state index contributed by atoms with van der Waals surface area (Å²) in [5.41, 5.74) is -0.216. The Kier molecular flexibility index (Phi) is 7.64. The van der Waals surface area contributed by atoms with E-state index < -0.39 is 17.6 Å². The molecule has 0 bridgehead atoms. The summed E-state index contributed by atoms with van der Waals surface area (Å²) >= 11 is 12.0. The maximum atomic E-state index is 12.9. The van der Waals surface area contributed by atoms with E-state index in [4.69, 9.17) is 27.9 Å². The van der Waals surface area contributed by atoms with Gasteiger partial charge in [0.05, 0.1) is 5.56 Å². The molecule has 0 saturated carbocycles. The molecule has 0 fully saturated rings. The third kappa shape index (κ3) is 6.75. The molecule has 0 unspecified atom stereocenters. The third-order valence-corrected chi connectivity index (χ3v) is 4.84. The lowest BCUT2D eigenvalue weighted by molar-refractivity contribution is -0.137. The van der Waals surface area contributed by atoms with Crippen molar-refractivity contribution in [3.63, 3.8) is 0 Å². The molecule has 0 radical (unpaired) electrons. The summed E-state index contributed by atoms with van der Waals surface area (Å²) in [5.74, 6) is -0.531. The van der Waals surface area contributed by atoms with Gasteiger partial charge in [-0.05, 0) is 60.2 Å². The van der Waals surface area contributed by atoms with Crippen LogP contribution in [0.1, 0.15) is 16.7 Å². The standard InChI is InChI=1S/C24H15Cl2F3N2O2/c25-19-5-1-3-15(9-19)14-33-22-8-7-20(26)11-16(22)10-17(13-30)23(32)31-21-6-2-4-18(12-21)24(27,28)29/h1-12H,14H2,(H,31,32)/b17-10+. The average Bonchev–Trinajstić information content (AvgIpc) is 2.76. The molecule has 168 valence electrons. The number of nitriles is 1. The summed E-state index contributed by atoms with van der Waals surface area (Å²) in [7, 11) is 0. The zero-order valence-electron chi connectivity index (χ0n) is 16.8. The molecule has 0 aliphatic rings. The van der Waals surface area contributed by atoms with Crippen molar-refractivity contribution in [2.24, 2.45) is 0 Å². The monoisotopic (exact) mass is 490 g/mol. The van der Waals surface area contributed by atoms with Gasteiger partial charge in [0.25, 0.3) is 5.91 Å². The van der Waals surface area contributed by atoms with E-state index >= 15 is 0 Å². The van der Waals surface area contributed by atoms with Gasteiger partial charge in [0, 0.05) is 21.3 Å². The molecular weight excluding hydrogens is 476 g/mol. The second-order valence-electron chi connectivity index (χ2n) is 6.80. The van der Waals surface area contributed by atoms with E-state index in [1.165, 1.54) is 18.2 Å². The number of anilines is 1. The Bertz CT molecular complexity index is 1250. The number of carbonyl (C=O) groups excluding carboxylic acids is 1. The van der Waals surface area contributed by atoms with E-state index in [0.717, 1.165) is 23.8 Å². The number of halogens is 5. The van der Waals surface area contributed by atoms with Crippen molar-refractivity contribution >= 4 is 40.9 Å². The first-order valence-corrected chi connectivity index (χ1v) is 10.2. The van der Waals surface area contributed by atoms with Crippen LogP contribution in [0.4, 0.5) is 18.9 Å². The second kappa shape index (κ2) is 10.4. The van der Waals surface area contributed by atoms with Crippen LogP contribution in [0.5, 0.6) is 5.75 Å². The Morgan fingerprint density at radius 3 is 2.45 bits per heavy atom. The van der Waals surface area contributed by atoms with Crippen LogP contribution in [-0.2, 0) is 17.6 Å². The fourth-order valence-corrected chi connectivity index (χ4v) is 3.22. The van der Waals surface area contributed by atoms with Gasteiger partial charge < -0.3 is 10.1 Å². The number of amides is 1. The minimum atomic E-state index is -4.56. The van der Waals surface area contributed by atoms with Crippen molar-refractivity contribution in [3.8, 4) is 11.8 Å². The molecule has 0 aliphatic heterocycles. The predicted octanol–water partition coefficient (Wildman–Crippen LogP) is 7.14. The van der Waals surface area contributed by atoms with Crippen LogP contribution in [-0.4, -0.2) is 5.91 Å². The maximum absolute atomic E-state index is 12.9. The van der Waals surface area contributed by atoms with Crippen molar-refractivity contribution in [1.82, 2.24) is 0 Å². The van der Waals surface area contributed by atoms with Crippen LogP contribution in [0.25, 0.3) is 6.08 Å². The summed E-state index contributed by atoms with van der Waals surface area (Å²) in [6.45, 7) is 0.168. The first kappa shape index (κ1) is 24.2. The molecule has 3 rings (SSSR count). The number of benzene rings is 3. The normalized spacial score (nSPS) is 11.6. The third-order valence-electron chi connectivity index (χ3n) is 4.37. The van der Waals surface area contributed by atoms with Crippen LogP contribution >= 0.6 is 23.2 Å². The highest BCUT2D eigenvalue weighted by Gasteiger charge is 2.30. The fraction of sp³-hybridized carbons (Fsp3) is 0.0833.